The fourth-order valence-corrected chi connectivity index (χ4v) is 1.70. The SMILES string of the molecule is C=CC(O)N(c1nc(N(CO)CO)nc(N(CO)CO)n1)C(O)C=C. The second-order valence-electron chi connectivity index (χ2n) is 4.59. The predicted molar refractivity (Wildman–Crippen MR) is 88.0 cm³/mol. The Labute approximate surface area is 143 Å². The van der Waals surface area contributed by atoms with Crippen molar-refractivity contribution in [3.63, 3.8) is 0 Å². The molecule has 0 fully saturated rings. The molecule has 0 radical (unpaired) electrons. The Morgan fingerprint density at radius 2 is 1.04 bits per heavy atom. The smallest absolute Gasteiger partial charge is 0.236 e. The number of anilines is 3. The van der Waals surface area contributed by atoms with E-state index in [1.807, 2.05) is 0 Å². The lowest BCUT2D eigenvalue weighted by Gasteiger charge is -2.30. The van der Waals surface area contributed by atoms with Crippen molar-refractivity contribution < 1.29 is 30.6 Å². The molecule has 140 valence electrons. The van der Waals surface area contributed by atoms with Crippen LogP contribution in [0.3, 0.4) is 0 Å². The molecule has 0 aliphatic carbocycles. The van der Waals surface area contributed by atoms with Crippen LogP contribution < -0.4 is 14.7 Å². The summed E-state index contributed by atoms with van der Waals surface area (Å²) in [5, 5.41) is 57.2. The van der Waals surface area contributed by atoms with Gasteiger partial charge in [-0.25, -0.2) is 0 Å². The highest BCUT2D eigenvalue weighted by molar-refractivity contribution is 5.47. The molecule has 2 unspecified atom stereocenters. The van der Waals surface area contributed by atoms with E-state index in [9.17, 15) is 30.6 Å². The second-order valence-corrected chi connectivity index (χ2v) is 4.59. The molecule has 12 heteroatoms. The summed E-state index contributed by atoms with van der Waals surface area (Å²) in [4.78, 5) is 14.6. The molecule has 0 saturated carbocycles. The predicted octanol–water partition coefficient (Wildman–Crippen LogP) is -2.90. The van der Waals surface area contributed by atoms with Crippen LogP contribution in [0.25, 0.3) is 0 Å². The van der Waals surface area contributed by atoms with Crippen molar-refractivity contribution in [1.82, 2.24) is 15.0 Å². The lowest BCUT2D eigenvalue weighted by Crippen LogP contribution is -2.43. The third kappa shape index (κ3) is 4.82. The molecule has 2 atom stereocenters. The first-order valence-corrected chi connectivity index (χ1v) is 7.06. The van der Waals surface area contributed by atoms with Crippen LogP contribution in [0.2, 0.25) is 0 Å². The number of aliphatic hydroxyl groups excluding tert-OH is 6. The summed E-state index contributed by atoms with van der Waals surface area (Å²) in [6.07, 6.45) is -0.627. The van der Waals surface area contributed by atoms with E-state index in [1.165, 1.54) is 0 Å². The van der Waals surface area contributed by atoms with E-state index < -0.39 is 39.4 Å². The van der Waals surface area contributed by atoms with Crippen LogP contribution in [0, 0.1) is 0 Å². The van der Waals surface area contributed by atoms with Gasteiger partial charge in [-0.05, 0) is 12.2 Å². The minimum absolute atomic E-state index is 0.227. The summed E-state index contributed by atoms with van der Waals surface area (Å²) in [5.41, 5.74) is 0. The largest absolute Gasteiger partial charge is 0.376 e. The van der Waals surface area contributed by atoms with Crippen LogP contribution in [0.1, 0.15) is 0 Å². The van der Waals surface area contributed by atoms with E-state index in [-0.39, 0.29) is 17.8 Å². The van der Waals surface area contributed by atoms with Crippen LogP contribution in [0.4, 0.5) is 17.8 Å². The number of nitrogens with zero attached hydrogens (tertiary/aromatic N) is 6. The van der Waals surface area contributed by atoms with Crippen molar-refractivity contribution in [1.29, 1.82) is 0 Å². The van der Waals surface area contributed by atoms with E-state index in [0.717, 1.165) is 26.9 Å². The van der Waals surface area contributed by atoms with Crippen LogP contribution in [0.15, 0.2) is 25.3 Å². The Bertz CT molecular complexity index is 524. The normalized spacial score (nSPS) is 13.0. The van der Waals surface area contributed by atoms with Gasteiger partial charge in [-0.15, -0.1) is 0 Å². The van der Waals surface area contributed by atoms with Crippen molar-refractivity contribution in [2.45, 2.75) is 12.5 Å². The van der Waals surface area contributed by atoms with E-state index >= 15 is 0 Å². The van der Waals surface area contributed by atoms with Gasteiger partial charge in [0.1, 0.15) is 26.9 Å². The monoisotopic (exact) mass is 358 g/mol. The van der Waals surface area contributed by atoms with Gasteiger partial charge in [0.05, 0.1) is 0 Å². The standard InChI is InChI=1S/C13H22N6O6/c1-3-9(24)19(10(25)4-2)13-15-11(17(5-20)6-21)14-12(16-13)18(7-22)8-23/h3-4,9-10,20-25H,1-2,5-8H2. The van der Waals surface area contributed by atoms with Crippen LogP contribution in [-0.2, 0) is 0 Å². The molecule has 0 bridgehead atoms. The summed E-state index contributed by atoms with van der Waals surface area (Å²) in [5.74, 6) is -0.734. The highest BCUT2D eigenvalue weighted by Crippen LogP contribution is 2.21. The zero-order valence-electron chi connectivity index (χ0n) is 13.4. The molecule has 0 saturated heterocycles. The van der Waals surface area contributed by atoms with E-state index in [0.29, 0.717) is 0 Å². The average Bonchev–Trinajstić information content (AvgIpc) is 2.63. The van der Waals surface area contributed by atoms with Crippen molar-refractivity contribution in [2.24, 2.45) is 0 Å². The average molecular weight is 358 g/mol. The molecule has 1 aromatic heterocycles. The van der Waals surface area contributed by atoms with Gasteiger partial charge in [0.2, 0.25) is 17.8 Å². The highest BCUT2D eigenvalue weighted by Gasteiger charge is 2.26. The summed E-state index contributed by atoms with van der Waals surface area (Å²) < 4.78 is 0. The number of hydrogen-bond donors (Lipinski definition) is 6. The van der Waals surface area contributed by atoms with Crippen molar-refractivity contribution in [3.8, 4) is 0 Å². The van der Waals surface area contributed by atoms with Gasteiger partial charge in [0, 0.05) is 0 Å². The minimum Gasteiger partial charge on any atom is -0.376 e. The number of hydrogen-bond acceptors (Lipinski definition) is 12. The molecule has 12 nitrogen and oxygen atoms in total. The maximum Gasteiger partial charge on any atom is 0.236 e. The van der Waals surface area contributed by atoms with Crippen LogP contribution in [-0.4, -0.2) is 85.0 Å². The van der Waals surface area contributed by atoms with Gasteiger partial charge in [0.25, 0.3) is 0 Å². The third-order valence-corrected chi connectivity index (χ3v) is 3.07. The lowest BCUT2D eigenvalue weighted by molar-refractivity contribution is 0.134. The zero-order chi connectivity index (χ0) is 19.0. The van der Waals surface area contributed by atoms with Gasteiger partial charge >= 0.3 is 0 Å². The quantitative estimate of drug-likeness (QED) is 0.176. The fourth-order valence-electron chi connectivity index (χ4n) is 1.70. The highest BCUT2D eigenvalue weighted by atomic mass is 16.3. The molecule has 1 rings (SSSR count). The number of aromatic nitrogens is 3. The van der Waals surface area contributed by atoms with E-state index in [2.05, 4.69) is 28.1 Å². The van der Waals surface area contributed by atoms with E-state index in [1.54, 1.807) is 0 Å². The van der Waals surface area contributed by atoms with Crippen molar-refractivity contribution in [2.75, 3.05) is 41.6 Å². The molecule has 0 amide bonds. The summed E-state index contributed by atoms with van der Waals surface area (Å²) in [6, 6.07) is 0. The maximum absolute atomic E-state index is 10.0. The van der Waals surface area contributed by atoms with E-state index in [4.69, 9.17) is 0 Å². The first-order chi connectivity index (χ1) is 12.0. The zero-order valence-corrected chi connectivity index (χ0v) is 13.4. The molecule has 1 aromatic rings. The molecule has 0 aliphatic heterocycles. The van der Waals surface area contributed by atoms with Gasteiger partial charge < -0.3 is 30.6 Å². The van der Waals surface area contributed by atoms with Crippen molar-refractivity contribution in [3.05, 3.63) is 25.3 Å². The first-order valence-electron chi connectivity index (χ1n) is 7.06. The Hall–Kier alpha value is -2.35. The molecular weight excluding hydrogens is 336 g/mol. The summed E-state index contributed by atoms with van der Waals surface area (Å²) in [6.45, 7) is 4.24. The molecule has 6 N–H and O–H groups in total. The fraction of sp³-hybridized carbons (Fsp3) is 0.462. The van der Waals surface area contributed by atoms with Gasteiger partial charge in [-0.2, -0.15) is 15.0 Å². The molecule has 1 heterocycles. The maximum atomic E-state index is 10.0. The summed E-state index contributed by atoms with van der Waals surface area (Å²) in [7, 11) is 0. The third-order valence-electron chi connectivity index (χ3n) is 3.07. The topological polar surface area (TPSA) is 170 Å². The molecule has 25 heavy (non-hydrogen) atoms. The Kier molecular flexibility index (Phi) is 8.13. The second kappa shape index (κ2) is 9.83. The number of rotatable bonds is 11. The molecule has 0 aromatic carbocycles. The van der Waals surface area contributed by atoms with Gasteiger partial charge in [0.15, 0.2) is 12.5 Å². The van der Waals surface area contributed by atoms with Gasteiger partial charge in [-0.1, -0.05) is 13.2 Å². The molecule has 0 aliphatic rings. The Morgan fingerprint density at radius 3 is 1.32 bits per heavy atom. The first kappa shape index (κ1) is 20.7. The lowest BCUT2D eigenvalue weighted by atomic mass is 10.4. The molecular formula is C13H22N6O6. The summed E-state index contributed by atoms with van der Waals surface area (Å²) >= 11 is 0. The van der Waals surface area contributed by atoms with Gasteiger partial charge in [-0.3, -0.25) is 14.7 Å². The minimum atomic E-state index is -1.41. The number of aliphatic hydroxyl groups is 6. The molecule has 0 spiro atoms. The van der Waals surface area contributed by atoms with Crippen molar-refractivity contribution >= 4 is 17.8 Å². The Morgan fingerprint density at radius 1 is 0.720 bits per heavy atom. The Balaban J connectivity index is 3.54. The van der Waals surface area contributed by atoms with Crippen LogP contribution >= 0.6 is 0 Å². The van der Waals surface area contributed by atoms with Crippen LogP contribution in [0.5, 0.6) is 0 Å².